The van der Waals surface area contributed by atoms with E-state index in [1.54, 1.807) is 39.5 Å². The number of para-hydroxylation sites is 1. The van der Waals surface area contributed by atoms with Crippen LogP contribution in [0.1, 0.15) is 44.2 Å². The third-order valence-corrected chi connectivity index (χ3v) is 6.39. The maximum Gasteiger partial charge on any atom is 0.217 e. The summed E-state index contributed by atoms with van der Waals surface area (Å²) in [7, 11) is 6.19. The Morgan fingerprint density at radius 2 is 1.68 bits per heavy atom. The molecule has 34 heavy (non-hydrogen) atoms. The molecule has 8 heteroatoms. The summed E-state index contributed by atoms with van der Waals surface area (Å²) >= 11 is 0. The highest BCUT2D eigenvalue weighted by molar-refractivity contribution is 5.53. The average molecular weight is 471 g/mol. The first-order valence-corrected chi connectivity index (χ1v) is 11.2. The zero-order chi connectivity index (χ0) is 25.3. The van der Waals surface area contributed by atoms with Crippen molar-refractivity contribution in [3.8, 4) is 29.1 Å². The molecule has 2 aromatic carbocycles. The minimum atomic E-state index is -0.871. The molecule has 0 N–H and O–H groups in total. The number of nitro groups is 1. The van der Waals surface area contributed by atoms with Crippen LogP contribution in [0.3, 0.4) is 0 Å². The second-order valence-electron chi connectivity index (χ2n) is 8.50. The van der Waals surface area contributed by atoms with Crippen molar-refractivity contribution in [2.24, 2.45) is 5.92 Å². The smallest absolute Gasteiger partial charge is 0.217 e. The van der Waals surface area contributed by atoms with E-state index in [0.29, 0.717) is 42.3 Å². The summed E-state index contributed by atoms with van der Waals surface area (Å²) in [5.41, 5.74) is 0.665. The van der Waals surface area contributed by atoms with Crippen LogP contribution in [-0.4, -0.2) is 39.4 Å². The number of methoxy groups -OCH3 is 4. The number of benzene rings is 2. The van der Waals surface area contributed by atoms with E-state index in [4.69, 9.17) is 18.9 Å². The van der Waals surface area contributed by atoms with Crippen LogP contribution < -0.4 is 18.9 Å². The summed E-state index contributed by atoms with van der Waals surface area (Å²) in [5.74, 6) is 2.15. The van der Waals surface area contributed by atoms with Gasteiger partial charge >= 0.3 is 0 Å². The fraction of sp³-hybridized carbons (Fsp3) is 0.500. The molecule has 184 valence electrons. The molecule has 8 nitrogen and oxygen atoms in total. The van der Waals surface area contributed by atoms with E-state index in [2.05, 4.69) is 6.07 Å². The van der Waals surface area contributed by atoms with Crippen LogP contribution >= 0.6 is 0 Å². The van der Waals surface area contributed by atoms with E-state index in [0.717, 1.165) is 11.1 Å². The molecule has 0 saturated carbocycles. The second-order valence-corrected chi connectivity index (χ2v) is 8.50. The van der Waals surface area contributed by atoms with Crippen LogP contribution in [0.2, 0.25) is 0 Å². The second kappa shape index (κ2) is 12.1. The summed E-state index contributed by atoms with van der Waals surface area (Å²) in [6.45, 7) is 3.97. The molecule has 0 saturated heterocycles. The van der Waals surface area contributed by atoms with Crippen LogP contribution in [0.15, 0.2) is 36.4 Å². The Balaban J connectivity index is 2.26. The molecule has 0 aliphatic rings. The Kier molecular flexibility index (Phi) is 9.55. The van der Waals surface area contributed by atoms with E-state index in [1.165, 1.54) is 7.11 Å². The van der Waals surface area contributed by atoms with Gasteiger partial charge in [-0.05, 0) is 42.5 Å². The Morgan fingerprint density at radius 3 is 2.21 bits per heavy atom. The number of hydrogen-bond donors (Lipinski definition) is 0. The molecule has 0 spiro atoms. The predicted molar refractivity (Wildman–Crippen MR) is 130 cm³/mol. The topological polar surface area (TPSA) is 104 Å². The van der Waals surface area contributed by atoms with E-state index < -0.39 is 11.5 Å². The van der Waals surface area contributed by atoms with Gasteiger partial charge in [0.1, 0.15) is 0 Å². The van der Waals surface area contributed by atoms with Gasteiger partial charge in [-0.1, -0.05) is 32.0 Å². The predicted octanol–water partition coefficient (Wildman–Crippen LogP) is 5.20. The maximum absolute atomic E-state index is 11.8. The fourth-order valence-corrected chi connectivity index (χ4v) is 4.40. The molecule has 0 aliphatic heterocycles. The molecule has 2 atom stereocenters. The minimum Gasteiger partial charge on any atom is -0.493 e. The molecular weight excluding hydrogens is 436 g/mol. The zero-order valence-electron chi connectivity index (χ0n) is 20.8. The molecular formula is C26H34N2O6. The van der Waals surface area contributed by atoms with E-state index in [1.807, 2.05) is 32.0 Å². The summed E-state index contributed by atoms with van der Waals surface area (Å²) in [5, 5.41) is 22.1. The molecule has 2 aromatic rings. The standard InChI is InChI=1S/C26H34N2O6/c1-18(2)26(17-27,21-10-7-11-23(32-4)25(21)34-6)14-8-9-20(28(29)30)15-19-12-13-22(31-3)24(16-19)33-5/h7,10-13,16,18,20H,8-9,14-15H2,1-6H3. The molecule has 0 aromatic heterocycles. The Hall–Kier alpha value is -3.47. The highest BCUT2D eigenvalue weighted by atomic mass is 16.6. The van der Waals surface area contributed by atoms with Gasteiger partial charge in [0.05, 0.1) is 39.9 Å². The van der Waals surface area contributed by atoms with Crippen molar-refractivity contribution in [3.05, 3.63) is 57.6 Å². The van der Waals surface area contributed by atoms with Crippen LogP contribution in [0, 0.1) is 27.4 Å². The molecule has 0 radical (unpaired) electrons. The first-order chi connectivity index (χ1) is 16.3. The number of nitrogens with zero attached hydrogens (tertiary/aromatic N) is 2. The van der Waals surface area contributed by atoms with Crippen LogP contribution in [0.25, 0.3) is 0 Å². The normalized spacial score (nSPS) is 13.5. The quantitative estimate of drug-likeness (QED) is 0.293. The third kappa shape index (κ3) is 5.71. The average Bonchev–Trinajstić information content (AvgIpc) is 2.84. The van der Waals surface area contributed by atoms with Gasteiger partial charge < -0.3 is 18.9 Å². The highest BCUT2D eigenvalue weighted by Gasteiger charge is 2.39. The lowest BCUT2D eigenvalue weighted by Crippen LogP contribution is -2.32. The lowest BCUT2D eigenvalue weighted by atomic mass is 9.69. The van der Waals surface area contributed by atoms with Crippen LogP contribution in [0.5, 0.6) is 23.0 Å². The van der Waals surface area contributed by atoms with Gasteiger partial charge in [-0.2, -0.15) is 5.26 Å². The number of rotatable bonds is 13. The van der Waals surface area contributed by atoms with Crippen molar-refractivity contribution < 1.29 is 23.9 Å². The Bertz CT molecular complexity index is 1020. The van der Waals surface area contributed by atoms with E-state index in [9.17, 15) is 15.4 Å². The van der Waals surface area contributed by atoms with Crippen LogP contribution in [-0.2, 0) is 11.8 Å². The van der Waals surface area contributed by atoms with Crippen molar-refractivity contribution in [2.75, 3.05) is 28.4 Å². The fourth-order valence-electron chi connectivity index (χ4n) is 4.40. The SMILES string of the molecule is COc1ccc(CC(CCCC(C#N)(c2cccc(OC)c2OC)C(C)C)[N+](=O)[O-])cc1OC. The maximum atomic E-state index is 11.8. The molecule has 0 bridgehead atoms. The van der Waals surface area contributed by atoms with Gasteiger partial charge in [0.25, 0.3) is 0 Å². The third-order valence-electron chi connectivity index (χ3n) is 6.39. The number of hydrogen-bond acceptors (Lipinski definition) is 7. The van der Waals surface area contributed by atoms with E-state index in [-0.39, 0.29) is 17.3 Å². The molecule has 0 aliphatic carbocycles. The van der Waals surface area contributed by atoms with Gasteiger partial charge in [0.2, 0.25) is 6.04 Å². The van der Waals surface area contributed by atoms with Crippen molar-refractivity contribution in [3.63, 3.8) is 0 Å². The van der Waals surface area contributed by atoms with Gasteiger partial charge in [-0.25, -0.2) is 0 Å². The number of nitriles is 1. The Morgan fingerprint density at radius 1 is 1.00 bits per heavy atom. The molecule has 0 fully saturated rings. The van der Waals surface area contributed by atoms with Crippen molar-refractivity contribution in [1.82, 2.24) is 0 Å². The molecule has 0 heterocycles. The molecule has 2 unspecified atom stereocenters. The Labute approximate surface area is 201 Å². The first-order valence-electron chi connectivity index (χ1n) is 11.2. The summed E-state index contributed by atoms with van der Waals surface area (Å²) in [6.07, 6.45) is 1.56. The lowest BCUT2D eigenvalue weighted by Gasteiger charge is -2.33. The highest BCUT2D eigenvalue weighted by Crippen LogP contribution is 2.45. The van der Waals surface area contributed by atoms with Gasteiger partial charge in [-0.15, -0.1) is 0 Å². The summed E-state index contributed by atoms with van der Waals surface area (Å²) in [4.78, 5) is 11.6. The largest absolute Gasteiger partial charge is 0.493 e. The minimum absolute atomic E-state index is 0.0431. The summed E-state index contributed by atoms with van der Waals surface area (Å²) < 4.78 is 21.6. The lowest BCUT2D eigenvalue weighted by molar-refractivity contribution is -0.523. The zero-order valence-corrected chi connectivity index (χ0v) is 20.8. The van der Waals surface area contributed by atoms with Crippen molar-refractivity contribution in [1.29, 1.82) is 5.26 Å². The van der Waals surface area contributed by atoms with E-state index >= 15 is 0 Å². The van der Waals surface area contributed by atoms with Crippen molar-refractivity contribution >= 4 is 0 Å². The van der Waals surface area contributed by atoms with Crippen molar-refractivity contribution in [2.45, 2.75) is 51.0 Å². The molecule has 2 rings (SSSR count). The molecule has 0 amide bonds. The summed E-state index contributed by atoms with van der Waals surface area (Å²) in [6, 6.07) is 12.5. The first kappa shape index (κ1) is 26.8. The monoisotopic (exact) mass is 470 g/mol. The van der Waals surface area contributed by atoms with Gasteiger partial charge in [0.15, 0.2) is 23.0 Å². The van der Waals surface area contributed by atoms with Crippen LogP contribution in [0.4, 0.5) is 0 Å². The van der Waals surface area contributed by atoms with Gasteiger partial charge in [-0.3, -0.25) is 10.1 Å². The van der Waals surface area contributed by atoms with Gasteiger partial charge in [0, 0.05) is 23.3 Å². The number of ether oxygens (including phenoxy) is 4.